The number of carbonyl (C=O) groups is 2. The number of nitrogens with zero attached hydrogens (tertiary/aromatic N) is 3. The minimum atomic E-state index is -4.57. The van der Waals surface area contributed by atoms with E-state index in [9.17, 15) is 22.8 Å². The first-order valence-electron chi connectivity index (χ1n) is 6.43. The van der Waals surface area contributed by atoms with E-state index in [1.807, 2.05) is 0 Å². The summed E-state index contributed by atoms with van der Waals surface area (Å²) in [5, 5.41) is 12.2. The third-order valence-electron chi connectivity index (χ3n) is 3.12. The first-order valence-corrected chi connectivity index (χ1v) is 6.43. The van der Waals surface area contributed by atoms with Crippen molar-refractivity contribution in [3.05, 3.63) is 18.0 Å². The number of hydrogen-bond donors (Lipinski definition) is 1. The van der Waals surface area contributed by atoms with E-state index in [-0.39, 0.29) is 13.1 Å². The highest BCUT2D eigenvalue weighted by Gasteiger charge is 2.35. The van der Waals surface area contributed by atoms with Crippen molar-refractivity contribution in [1.29, 1.82) is 0 Å². The van der Waals surface area contributed by atoms with Crippen molar-refractivity contribution < 1.29 is 32.6 Å². The average Bonchev–Trinajstić information content (AvgIpc) is 2.86. The Balaban J connectivity index is 2.02. The minimum absolute atomic E-state index is 0.147. The van der Waals surface area contributed by atoms with Gasteiger partial charge in [0, 0.05) is 12.7 Å². The summed E-state index contributed by atoms with van der Waals surface area (Å²) in [6, 6.07) is 0.773. The molecule has 10 heteroatoms. The van der Waals surface area contributed by atoms with Gasteiger partial charge in [0.15, 0.2) is 11.8 Å². The van der Waals surface area contributed by atoms with Crippen molar-refractivity contribution in [2.45, 2.75) is 31.9 Å². The predicted octanol–water partition coefficient (Wildman–Crippen LogP) is 0.602. The molecule has 2 heterocycles. The summed E-state index contributed by atoms with van der Waals surface area (Å²) in [6.45, 7) is 1.25. The lowest BCUT2D eigenvalue weighted by Crippen LogP contribution is -2.52. The molecule has 1 fully saturated rings. The van der Waals surface area contributed by atoms with E-state index in [1.54, 1.807) is 6.92 Å². The molecule has 0 bridgehead atoms. The van der Waals surface area contributed by atoms with Crippen LogP contribution in [0.4, 0.5) is 13.2 Å². The van der Waals surface area contributed by atoms with Crippen molar-refractivity contribution in [1.82, 2.24) is 14.7 Å². The molecule has 1 unspecified atom stereocenters. The molecule has 1 aliphatic heterocycles. The molecule has 1 aliphatic rings. The summed E-state index contributed by atoms with van der Waals surface area (Å²) < 4.78 is 43.3. The summed E-state index contributed by atoms with van der Waals surface area (Å²) in [6.07, 6.45) is -5.13. The molecule has 1 amide bonds. The topological polar surface area (TPSA) is 84.7 Å². The standard InChI is InChI=1S/C12H14F3N3O4/c1-7-4-17(5-8(22-7)11(20)21)10(19)6-18-3-2-9(16-18)12(13,14)15/h2-3,7-8H,4-6H2,1H3,(H,20,21)/t7-,8?/m1/s1. The third-order valence-corrected chi connectivity index (χ3v) is 3.12. The number of carboxylic acid groups (broad SMARTS) is 1. The van der Waals surface area contributed by atoms with Gasteiger partial charge in [-0.05, 0) is 13.0 Å². The molecule has 0 spiro atoms. The van der Waals surface area contributed by atoms with Crippen LogP contribution >= 0.6 is 0 Å². The van der Waals surface area contributed by atoms with Crippen molar-refractivity contribution in [3.8, 4) is 0 Å². The first kappa shape index (κ1) is 16.3. The van der Waals surface area contributed by atoms with Crippen molar-refractivity contribution >= 4 is 11.9 Å². The van der Waals surface area contributed by atoms with Gasteiger partial charge >= 0.3 is 12.1 Å². The molecule has 2 rings (SSSR count). The monoisotopic (exact) mass is 321 g/mol. The van der Waals surface area contributed by atoms with Crippen LogP contribution in [-0.2, 0) is 27.0 Å². The lowest BCUT2D eigenvalue weighted by Gasteiger charge is -2.34. The van der Waals surface area contributed by atoms with Gasteiger partial charge in [-0.1, -0.05) is 0 Å². The smallest absolute Gasteiger partial charge is 0.435 e. The van der Waals surface area contributed by atoms with Gasteiger partial charge in [-0.15, -0.1) is 0 Å². The zero-order valence-electron chi connectivity index (χ0n) is 11.6. The molecule has 0 saturated carbocycles. The number of aliphatic carboxylic acids is 1. The van der Waals surface area contributed by atoms with Gasteiger partial charge in [-0.25, -0.2) is 4.79 Å². The van der Waals surface area contributed by atoms with Gasteiger partial charge in [-0.2, -0.15) is 18.3 Å². The fourth-order valence-electron chi connectivity index (χ4n) is 2.13. The number of rotatable bonds is 3. The van der Waals surface area contributed by atoms with E-state index in [0.29, 0.717) is 0 Å². The van der Waals surface area contributed by atoms with E-state index >= 15 is 0 Å². The lowest BCUT2D eigenvalue weighted by molar-refractivity contribution is -0.166. The van der Waals surface area contributed by atoms with Crippen molar-refractivity contribution in [3.63, 3.8) is 0 Å². The summed E-state index contributed by atoms with van der Waals surface area (Å²) in [7, 11) is 0. The number of ether oxygens (including phenoxy) is 1. The molecular weight excluding hydrogens is 307 g/mol. The number of aromatic nitrogens is 2. The molecule has 0 aromatic carbocycles. The zero-order valence-corrected chi connectivity index (χ0v) is 11.6. The average molecular weight is 321 g/mol. The lowest BCUT2D eigenvalue weighted by atomic mass is 10.2. The largest absolute Gasteiger partial charge is 0.479 e. The van der Waals surface area contributed by atoms with Crippen LogP contribution in [0.1, 0.15) is 12.6 Å². The van der Waals surface area contributed by atoms with Crippen LogP contribution in [0.3, 0.4) is 0 Å². The Morgan fingerprint density at radius 3 is 2.68 bits per heavy atom. The van der Waals surface area contributed by atoms with Crippen LogP contribution in [0.5, 0.6) is 0 Å². The molecule has 1 aromatic rings. The summed E-state index contributed by atoms with van der Waals surface area (Å²) in [5.41, 5.74) is -1.08. The summed E-state index contributed by atoms with van der Waals surface area (Å²) in [5.74, 6) is -1.71. The fourth-order valence-corrected chi connectivity index (χ4v) is 2.13. The first-order chi connectivity index (χ1) is 10.2. The maximum atomic E-state index is 12.4. The van der Waals surface area contributed by atoms with Crippen LogP contribution in [-0.4, -0.2) is 57.0 Å². The SMILES string of the molecule is C[C@@H]1CN(C(=O)Cn2ccc(C(F)(F)F)n2)CC(C(=O)O)O1. The van der Waals surface area contributed by atoms with Crippen molar-refractivity contribution in [2.75, 3.05) is 13.1 Å². The van der Waals surface area contributed by atoms with Crippen molar-refractivity contribution in [2.24, 2.45) is 0 Å². The molecule has 2 atom stereocenters. The fraction of sp³-hybridized carbons (Fsp3) is 0.583. The van der Waals surface area contributed by atoms with Crippen LogP contribution in [0.2, 0.25) is 0 Å². The quantitative estimate of drug-likeness (QED) is 0.881. The number of halogens is 3. The Labute approximate surface area is 123 Å². The van der Waals surface area contributed by atoms with Gasteiger partial charge in [0.05, 0.1) is 12.6 Å². The van der Waals surface area contributed by atoms with E-state index in [4.69, 9.17) is 9.84 Å². The number of morpholine rings is 1. The molecule has 1 aromatic heterocycles. The summed E-state index contributed by atoms with van der Waals surface area (Å²) in [4.78, 5) is 24.3. The maximum absolute atomic E-state index is 12.4. The van der Waals surface area contributed by atoms with Gasteiger partial charge in [0.2, 0.25) is 5.91 Å². The Kier molecular flexibility index (Phi) is 4.40. The second-order valence-corrected chi connectivity index (χ2v) is 4.97. The molecular formula is C12H14F3N3O4. The van der Waals surface area contributed by atoms with E-state index < -0.39 is 42.5 Å². The highest BCUT2D eigenvalue weighted by molar-refractivity contribution is 5.78. The zero-order chi connectivity index (χ0) is 16.5. The number of amides is 1. The van der Waals surface area contributed by atoms with Gasteiger partial charge in [0.25, 0.3) is 0 Å². The van der Waals surface area contributed by atoms with Crippen LogP contribution < -0.4 is 0 Å². The number of carboxylic acids is 1. The maximum Gasteiger partial charge on any atom is 0.435 e. The van der Waals surface area contributed by atoms with Crippen LogP contribution in [0.25, 0.3) is 0 Å². The van der Waals surface area contributed by atoms with Gasteiger partial charge < -0.3 is 14.7 Å². The molecule has 0 radical (unpaired) electrons. The molecule has 122 valence electrons. The molecule has 0 aliphatic carbocycles. The van der Waals surface area contributed by atoms with E-state index in [1.165, 1.54) is 4.90 Å². The molecule has 22 heavy (non-hydrogen) atoms. The Bertz CT molecular complexity index is 572. The Hall–Kier alpha value is -2.10. The van der Waals surface area contributed by atoms with Crippen LogP contribution in [0, 0.1) is 0 Å². The number of carbonyl (C=O) groups excluding carboxylic acids is 1. The Morgan fingerprint density at radius 1 is 1.45 bits per heavy atom. The normalized spacial score (nSPS) is 22.6. The summed E-state index contributed by atoms with van der Waals surface area (Å²) >= 11 is 0. The van der Waals surface area contributed by atoms with E-state index in [0.717, 1.165) is 16.9 Å². The Morgan fingerprint density at radius 2 is 2.14 bits per heavy atom. The van der Waals surface area contributed by atoms with Gasteiger partial charge in [-0.3, -0.25) is 9.48 Å². The third kappa shape index (κ3) is 3.75. The molecule has 1 saturated heterocycles. The predicted molar refractivity (Wildman–Crippen MR) is 65.8 cm³/mol. The molecule has 1 N–H and O–H groups in total. The number of alkyl halides is 3. The highest BCUT2D eigenvalue weighted by atomic mass is 19.4. The molecule has 7 nitrogen and oxygen atoms in total. The second kappa shape index (κ2) is 5.95. The van der Waals surface area contributed by atoms with Gasteiger partial charge in [0.1, 0.15) is 6.54 Å². The highest BCUT2D eigenvalue weighted by Crippen LogP contribution is 2.27. The van der Waals surface area contributed by atoms with E-state index in [2.05, 4.69) is 5.10 Å². The van der Waals surface area contributed by atoms with Crippen LogP contribution in [0.15, 0.2) is 12.3 Å². The minimum Gasteiger partial charge on any atom is -0.479 e. The second-order valence-electron chi connectivity index (χ2n) is 4.97. The number of hydrogen-bond acceptors (Lipinski definition) is 4.